The van der Waals surface area contributed by atoms with Crippen LogP contribution >= 0.6 is 0 Å². The van der Waals surface area contributed by atoms with E-state index in [2.05, 4.69) is 16.4 Å². The third-order valence-electron chi connectivity index (χ3n) is 2.87. The number of benzene rings is 1. The second-order valence-corrected chi connectivity index (χ2v) is 5.22. The number of hydrogen-bond acceptors (Lipinski definition) is 4. The molecule has 6 heteroatoms. The molecular formula is C15H17N3O3. The molecule has 0 bridgehead atoms. The number of hydrazone groups is 1. The third-order valence-corrected chi connectivity index (χ3v) is 2.87. The molecular weight excluding hydrogens is 270 g/mol. The molecule has 2 amide bonds. The Morgan fingerprint density at radius 3 is 3.05 bits per heavy atom. The summed E-state index contributed by atoms with van der Waals surface area (Å²) in [6.07, 6.45) is 5.72. The number of carbonyl (C=O) groups excluding carboxylic acids is 1. The van der Waals surface area contributed by atoms with E-state index in [1.807, 2.05) is 19.9 Å². The molecule has 0 radical (unpaired) electrons. The average molecular weight is 287 g/mol. The van der Waals surface area contributed by atoms with E-state index in [0.717, 1.165) is 5.56 Å². The Kier molecular flexibility index (Phi) is 4.03. The predicted molar refractivity (Wildman–Crippen MR) is 79.4 cm³/mol. The largest absolute Gasteiger partial charge is 0.487 e. The molecule has 0 atom stereocenters. The molecule has 0 saturated carbocycles. The van der Waals surface area contributed by atoms with Crippen molar-refractivity contribution in [3.63, 3.8) is 0 Å². The summed E-state index contributed by atoms with van der Waals surface area (Å²) in [6, 6.07) is 4.64. The van der Waals surface area contributed by atoms with Crippen LogP contribution in [0, 0.1) is 12.3 Å². The van der Waals surface area contributed by atoms with Gasteiger partial charge < -0.3 is 15.2 Å². The topological polar surface area (TPSA) is 85.9 Å². The Balaban J connectivity index is 2.36. The van der Waals surface area contributed by atoms with Crippen LogP contribution in [0.25, 0.3) is 0 Å². The van der Waals surface area contributed by atoms with Gasteiger partial charge in [-0.25, -0.2) is 10.2 Å². The maximum absolute atomic E-state index is 10.8. The van der Waals surface area contributed by atoms with Crippen LogP contribution in [-0.4, -0.2) is 24.0 Å². The second kappa shape index (κ2) is 5.75. The highest BCUT2D eigenvalue weighted by atomic mass is 16.5. The standard InChI is InChI=1S/C15H17N3O3/c1-4-7-20-10-5-6-11-12(17-18-14(16)19)9-15(2,3)21-13(11)8-10/h1,5-6,8H,7,9H2,2-3H3,(H3,16,18,19)/b17-12-. The number of nitrogens with one attached hydrogen (secondary N) is 1. The van der Waals surface area contributed by atoms with Crippen LogP contribution in [0.2, 0.25) is 0 Å². The summed E-state index contributed by atoms with van der Waals surface area (Å²) in [4.78, 5) is 10.8. The van der Waals surface area contributed by atoms with Crippen molar-refractivity contribution in [1.29, 1.82) is 0 Å². The third kappa shape index (κ3) is 3.66. The van der Waals surface area contributed by atoms with E-state index in [1.54, 1.807) is 12.1 Å². The highest BCUT2D eigenvalue weighted by Crippen LogP contribution is 2.35. The number of amides is 2. The average Bonchev–Trinajstić information content (AvgIpc) is 2.40. The molecule has 0 spiro atoms. The van der Waals surface area contributed by atoms with Gasteiger partial charge in [0.25, 0.3) is 0 Å². The van der Waals surface area contributed by atoms with Crippen molar-refractivity contribution in [3.05, 3.63) is 23.8 Å². The van der Waals surface area contributed by atoms with Gasteiger partial charge in [0.2, 0.25) is 0 Å². The lowest BCUT2D eigenvalue weighted by Gasteiger charge is -2.33. The molecule has 1 aliphatic heterocycles. The Morgan fingerprint density at radius 1 is 1.62 bits per heavy atom. The highest BCUT2D eigenvalue weighted by Gasteiger charge is 2.31. The number of terminal acetylenes is 1. The van der Waals surface area contributed by atoms with Crippen molar-refractivity contribution in [2.24, 2.45) is 10.8 Å². The summed E-state index contributed by atoms with van der Waals surface area (Å²) in [5, 5.41) is 4.05. The first-order chi connectivity index (χ1) is 9.91. The molecule has 3 N–H and O–H groups in total. The van der Waals surface area contributed by atoms with E-state index < -0.39 is 11.6 Å². The van der Waals surface area contributed by atoms with Crippen LogP contribution in [0.1, 0.15) is 25.8 Å². The molecule has 0 aromatic heterocycles. The van der Waals surface area contributed by atoms with Gasteiger partial charge in [0.15, 0.2) is 0 Å². The normalized spacial score (nSPS) is 17.3. The summed E-state index contributed by atoms with van der Waals surface area (Å²) >= 11 is 0. The smallest absolute Gasteiger partial charge is 0.332 e. The lowest BCUT2D eigenvalue weighted by Crippen LogP contribution is -2.37. The molecule has 6 nitrogen and oxygen atoms in total. The maximum Gasteiger partial charge on any atom is 0.332 e. The number of fused-ring (bicyclic) bond motifs is 1. The molecule has 1 aliphatic rings. The first kappa shape index (κ1) is 14.7. The number of primary amides is 1. The lowest BCUT2D eigenvalue weighted by atomic mass is 9.92. The van der Waals surface area contributed by atoms with Gasteiger partial charge in [-0.2, -0.15) is 5.10 Å². The van der Waals surface area contributed by atoms with Gasteiger partial charge in [-0.15, -0.1) is 6.42 Å². The van der Waals surface area contributed by atoms with Gasteiger partial charge in [0, 0.05) is 18.1 Å². The van der Waals surface area contributed by atoms with Crippen molar-refractivity contribution in [1.82, 2.24) is 5.43 Å². The van der Waals surface area contributed by atoms with Crippen molar-refractivity contribution >= 4 is 11.7 Å². The molecule has 0 unspecified atom stereocenters. The van der Waals surface area contributed by atoms with Crippen LogP contribution in [0.15, 0.2) is 23.3 Å². The molecule has 2 rings (SSSR count). The fraction of sp³-hybridized carbons (Fsp3) is 0.333. The summed E-state index contributed by atoms with van der Waals surface area (Å²) in [5.41, 5.74) is 8.34. The molecule has 1 aromatic rings. The SMILES string of the molecule is C#CCOc1ccc2c(c1)OC(C)(C)C/C2=N/NC(N)=O. The summed E-state index contributed by atoms with van der Waals surface area (Å²) in [5.74, 6) is 3.65. The number of nitrogens with zero attached hydrogens (tertiary/aromatic N) is 1. The maximum atomic E-state index is 10.8. The van der Waals surface area contributed by atoms with E-state index in [9.17, 15) is 4.79 Å². The minimum atomic E-state index is -0.706. The van der Waals surface area contributed by atoms with Crippen molar-refractivity contribution in [2.75, 3.05) is 6.61 Å². The molecule has 1 aromatic carbocycles. The van der Waals surface area contributed by atoms with Crippen LogP contribution < -0.4 is 20.6 Å². The molecule has 110 valence electrons. The Morgan fingerprint density at radius 2 is 2.38 bits per heavy atom. The molecule has 0 saturated heterocycles. The minimum absolute atomic E-state index is 0.187. The summed E-state index contributed by atoms with van der Waals surface area (Å²) in [7, 11) is 0. The molecule has 1 heterocycles. The van der Waals surface area contributed by atoms with Crippen molar-refractivity contribution in [2.45, 2.75) is 25.9 Å². The Hall–Kier alpha value is -2.68. The molecule has 0 fully saturated rings. The monoisotopic (exact) mass is 287 g/mol. The van der Waals surface area contributed by atoms with E-state index in [1.165, 1.54) is 0 Å². The Bertz CT molecular complexity index is 630. The zero-order valence-corrected chi connectivity index (χ0v) is 12.0. The van der Waals surface area contributed by atoms with E-state index in [0.29, 0.717) is 23.6 Å². The van der Waals surface area contributed by atoms with E-state index in [4.69, 9.17) is 21.6 Å². The van der Waals surface area contributed by atoms with Crippen LogP contribution in [0.3, 0.4) is 0 Å². The van der Waals surface area contributed by atoms with Gasteiger partial charge >= 0.3 is 6.03 Å². The Labute approximate surface area is 123 Å². The summed E-state index contributed by atoms with van der Waals surface area (Å²) < 4.78 is 11.3. The number of ether oxygens (including phenoxy) is 2. The van der Waals surface area contributed by atoms with Crippen LogP contribution in [0.4, 0.5) is 4.79 Å². The zero-order valence-electron chi connectivity index (χ0n) is 12.0. The highest BCUT2D eigenvalue weighted by molar-refractivity contribution is 6.04. The van der Waals surface area contributed by atoms with Gasteiger partial charge in [-0.1, -0.05) is 5.92 Å². The van der Waals surface area contributed by atoms with Gasteiger partial charge in [0.1, 0.15) is 23.7 Å². The van der Waals surface area contributed by atoms with Crippen LogP contribution in [0.5, 0.6) is 11.5 Å². The fourth-order valence-corrected chi connectivity index (χ4v) is 2.09. The van der Waals surface area contributed by atoms with E-state index >= 15 is 0 Å². The first-order valence-corrected chi connectivity index (χ1v) is 6.43. The minimum Gasteiger partial charge on any atom is -0.487 e. The van der Waals surface area contributed by atoms with E-state index in [-0.39, 0.29) is 6.61 Å². The second-order valence-electron chi connectivity index (χ2n) is 5.22. The predicted octanol–water partition coefficient (Wildman–Crippen LogP) is 1.63. The molecule has 21 heavy (non-hydrogen) atoms. The lowest BCUT2D eigenvalue weighted by molar-refractivity contribution is 0.110. The van der Waals surface area contributed by atoms with Crippen LogP contribution in [-0.2, 0) is 0 Å². The number of hydrogen-bond donors (Lipinski definition) is 2. The fourth-order valence-electron chi connectivity index (χ4n) is 2.09. The van der Waals surface area contributed by atoms with Gasteiger partial charge in [-0.05, 0) is 26.0 Å². The zero-order chi connectivity index (χ0) is 15.5. The quantitative estimate of drug-likeness (QED) is 0.654. The molecule has 0 aliphatic carbocycles. The number of carbonyl (C=O) groups is 1. The first-order valence-electron chi connectivity index (χ1n) is 6.43. The van der Waals surface area contributed by atoms with Crippen molar-refractivity contribution < 1.29 is 14.3 Å². The number of rotatable bonds is 3. The van der Waals surface area contributed by atoms with Gasteiger partial charge in [-0.3, -0.25) is 0 Å². The number of urea groups is 1. The van der Waals surface area contributed by atoms with Crippen molar-refractivity contribution in [3.8, 4) is 23.8 Å². The number of nitrogens with two attached hydrogens (primary N) is 1. The summed E-state index contributed by atoms with van der Waals surface area (Å²) in [6.45, 7) is 4.06. The van der Waals surface area contributed by atoms with Gasteiger partial charge in [0.05, 0.1) is 5.71 Å².